The van der Waals surface area contributed by atoms with Crippen molar-refractivity contribution in [3.05, 3.63) is 11.6 Å². The summed E-state index contributed by atoms with van der Waals surface area (Å²) in [6.45, 7) is 17.4. The Morgan fingerprint density at radius 3 is 1.88 bits per heavy atom. The van der Waals surface area contributed by atoms with Gasteiger partial charge in [0.15, 0.2) is 18.9 Å². The van der Waals surface area contributed by atoms with Crippen molar-refractivity contribution in [2.75, 3.05) is 13.2 Å². The number of ether oxygens (including phenoxy) is 6. The maximum absolute atomic E-state index is 12.7. The van der Waals surface area contributed by atoms with Crippen molar-refractivity contribution in [3.8, 4) is 0 Å². The first-order valence-corrected chi connectivity index (χ1v) is 24.3. The quantitative estimate of drug-likeness (QED) is 0.0904. The average Bonchev–Trinajstić information content (AvgIpc) is 3.64. The van der Waals surface area contributed by atoms with E-state index in [1.807, 2.05) is 34.6 Å². The van der Waals surface area contributed by atoms with Crippen LogP contribution < -0.4 is 0 Å². The topological polar surface area (TPSA) is 298 Å². The standard InChI is InChI=1S/C48H82O18/c1-21(2)11-10-14-48(9,66-43-39(60)36(57)33(54)27(64-43)20-61-41-37(58)34(55)31(52)22(3)62-41)23-12-15-47(8)30(23)24(50)17-29-45(6)18-25(51)40(44(4,5)28(45)13-16-46(29,47)7)65-42-38(59)35(56)32(53)26(19-49)63-42/h11,22-43,49-60H,10,12-20H2,1-9H3/t22-,23-,24+,25+,26+,27+,28-,29+,30-,31-,32+,33+,34+,35-,36-,37+,38+,39+,40-,41+,42-,43-,45-,46+,47+,48-/m0/s1. The molecule has 3 aliphatic heterocycles. The summed E-state index contributed by atoms with van der Waals surface area (Å²) in [6.07, 6.45) is -17.4. The van der Waals surface area contributed by atoms with E-state index in [0.717, 1.165) is 24.8 Å². The Balaban J connectivity index is 1.12. The van der Waals surface area contributed by atoms with E-state index in [1.54, 1.807) is 0 Å². The molecule has 7 rings (SSSR count). The number of allylic oxidation sites excluding steroid dienone is 2. The first-order chi connectivity index (χ1) is 30.7. The fourth-order valence-corrected chi connectivity index (χ4v) is 14.9. The minimum Gasteiger partial charge on any atom is -0.394 e. The highest BCUT2D eigenvalue weighted by Gasteiger charge is 2.73. The van der Waals surface area contributed by atoms with E-state index in [9.17, 15) is 61.3 Å². The largest absolute Gasteiger partial charge is 0.394 e. The lowest BCUT2D eigenvalue weighted by atomic mass is 9.35. The van der Waals surface area contributed by atoms with Crippen molar-refractivity contribution < 1.29 is 89.7 Å². The molecule has 0 aromatic heterocycles. The number of aliphatic hydroxyl groups is 12. The smallest absolute Gasteiger partial charge is 0.187 e. The van der Waals surface area contributed by atoms with Gasteiger partial charge in [0.05, 0.1) is 43.2 Å². The van der Waals surface area contributed by atoms with Gasteiger partial charge in [-0.15, -0.1) is 0 Å². The zero-order valence-corrected chi connectivity index (χ0v) is 40.2. The number of fused-ring (bicyclic) bond motifs is 5. The lowest BCUT2D eigenvalue weighted by Gasteiger charge is -2.71. The Labute approximate surface area is 388 Å². The van der Waals surface area contributed by atoms with Crippen LogP contribution in [0.25, 0.3) is 0 Å². The fourth-order valence-electron chi connectivity index (χ4n) is 14.9. The minimum absolute atomic E-state index is 0.000207. The molecule has 382 valence electrons. The molecule has 0 radical (unpaired) electrons. The van der Waals surface area contributed by atoms with Crippen LogP contribution in [0.4, 0.5) is 0 Å². The summed E-state index contributed by atoms with van der Waals surface area (Å²) in [5.74, 6) is -0.534. The van der Waals surface area contributed by atoms with Crippen molar-refractivity contribution in [1.82, 2.24) is 0 Å². The second-order valence-corrected chi connectivity index (χ2v) is 23.1. The second kappa shape index (κ2) is 19.2. The molecular formula is C48H82O18. The van der Waals surface area contributed by atoms with E-state index in [4.69, 9.17) is 28.4 Å². The van der Waals surface area contributed by atoms with E-state index in [0.29, 0.717) is 32.1 Å². The molecule has 0 aromatic rings. The summed E-state index contributed by atoms with van der Waals surface area (Å²) in [6, 6.07) is 0. The third-order valence-corrected chi connectivity index (χ3v) is 18.7. The van der Waals surface area contributed by atoms with Crippen molar-refractivity contribution in [2.24, 2.45) is 45.3 Å². The number of hydrogen-bond donors (Lipinski definition) is 12. The molecule has 18 nitrogen and oxygen atoms in total. The lowest BCUT2D eigenvalue weighted by Crippen LogP contribution is -2.69. The van der Waals surface area contributed by atoms with Gasteiger partial charge in [-0.1, -0.05) is 46.3 Å². The van der Waals surface area contributed by atoms with Gasteiger partial charge in [0.25, 0.3) is 0 Å². The van der Waals surface area contributed by atoms with Crippen LogP contribution in [-0.4, -0.2) is 191 Å². The molecule has 0 bridgehead atoms. The Morgan fingerprint density at radius 1 is 0.667 bits per heavy atom. The minimum atomic E-state index is -1.70. The van der Waals surface area contributed by atoms with E-state index in [2.05, 4.69) is 26.8 Å². The van der Waals surface area contributed by atoms with Crippen LogP contribution in [0.3, 0.4) is 0 Å². The van der Waals surface area contributed by atoms with Gasteiger partial charge < -0.3 is 89.7 Å². The lowest BCUT2D eigenvalue weighted by molar-refractivity contribution is -0.350. The van der Waals surface area contributed by atoms with Gasteiger partial charge in [-0.2, -0.15) is 0 Å². The van der Waals surface area contributed by atoms with Gasteiger partial charge in [0, 0.05) is 0 Å². The first kappa shape index (κ1) is 52.8. The monoisotopic (exact) mass is 947 g/mol. The first-order valence-electron chi connectivity index (χ1n) is 24.3. The van der Waals surface area contributed by atoms with Crippen molar-refractivity contribution in [1.29, 1.82) is 0 Å². The van der Waals surface area contributed by atoms with Crippen molar-refractivity contribution in [2.45, 2.75) is 230 Å². The number of aliphatic hydroxyl groups excluding tert-OH is 12. The Morgan fingerprint density at radius 2 is 1.24 bits per heavy atom. The predicted molar refractivity (Wildman–Crippen MR) is 234 cm³/mol. The van der Waals surface area contributed by atoms with Crippen LogP contribution in [0, 0.1) is 45.3 Å². The molecule has 3 heterocycles. The molecular weight excluding hydrogens is 865 g/mol. The third kappa shape index (κ3) is 8.79. The van der Waals surface area contributed by atoms with Gasteiger partial charge in [-0.05, 0) is 124 Å². The normalized spacial score (nSPS) is 53.5. The highest BCUT2D eigenvalue weighted by Crippen LogP contribution is 2.76. The summed E-state index contributed by atoms with van der Waals surface area (Å²) in [5, 5.41) is 131. The van der Waals surface area contributed by atoms with Crippen LogP contribution in [0.2, 0.25) is 0 Å². The Kier molecular flexibility index (Phi) is 15.4. The van der Waals surface area contributed by atoms with Crippen LogP contribution in [-0.2, 0) is 28.4 Å². The highest BCUT2D eigenvalue weighted by molar-refractivity contribution is 5.21. The molecule has 26 atom stereocenters. The molecule has 4 aliphatic carbocycles. The van der Waals surface area contributed by atoms with Crippen molar-refractivity contribution >= 4 is 0 Å². The van der Waals surface area contributed by atoms with E-state index in [1.165, 1.54) is 6.92 Å². The van der Waals surface area contributed by atoms with E-state index in [-0.39, 0.29) is 29.1 Å². The molecule has 0 unspecified atom stereocenters. The van der Waals surface area contributed by atoms with Gasteiger partial charge in [-0.3, -0.25) is 0 Å². The van der Waals surface area contributed by atoms with Crippen molar-refractivity contribution in [3.63, 3.8) is 0 Å². The molecule has 4 saturated carbocycles. The molecule has 66 heavy (non-hydrogen) atoms. The molecule has 7 aliphatic rings. The molecule has 12 N–H and O–H groups in total. The van der Waals surface area contributed by atoms with Crippen LogP contribution in [0.5, 0.6) is 0 Å². The van der Waals surface area contributed by atoms with E-state index < -0.39 is 145 Å². The summed E-state index contributed by atoms with van der Waals surface area (Å²) >= 11 is 0. The molecule has 18 heteroatoms. The summed E-state index contributed by atoms with van der Waals surface area (Å²) < 4.78 is 36.6. The highest BCUT2D eigenvalue weighted by atomic mass is 16.7. The van der Waals surface area contributed by atoms with Gasteiger partial charge in [0.1, 0.15) is 67.1 Å². The van der Waals surface area contributed by atoms with E-state index >= 15 is 0 Å². The third-order valence-electron chi connectivity index (χ3n) is 18.7. The maximum Gasteiger partial charge on any atom is 0.187 e. The molecule has 0 spiro atoms. The van der Waals surface area contributed by atoms with Crippen LogP contribution in [0.1, 0.15) is 114 Å². The Hall–Kier alpha value is -0.980. The fraction of sp³-hybridized carbons (Fsp3) is 0.958. The predicted octanol–water partition coefficient (Wildman–Crippen LogP) is -0.0284. The van der Waals surface area contributed by atoms with Gasteiger partial charge >= 0.3 is 0 Å². The summed E-state index contributed by atoms with van der Waals surface area (Å²) in [7, 11) is 0. The zero-order valence-electron chi connectivity index (χ0n) is 40.2. The summed E-state index contributed by atoms with van der Waals surface area (Å²) in [4.78, 5) is 0. The maximum atomic E-state index is 12.7. The number of hydrogen-bond acceptors (Lipinski definition) is 18. The molecule has 0 aromatic carbocycles. The molecule has 7 fully saturated rings. The van der Waals surface area contributed by atoms with Crippen LogP contribution >= 0.6 is 0 Å². The van der Waals surface area contributed by atoms with Gasteiger partial charge in [-0.25, -0.2) is 0 Å². The SMILES string of the molecule is CC(C)=CCC[C@](C)(O[C@@H]1O[C@H](CO[C@@H]2O[C@@H](C)[C@H](O)[C@@H](O)[C@H]2O)[C@@H](O)[C@H](O)[C@H]1O)[C@H]1CC[C@]2(C)[C@@H]1[C@H](O)C[C@@H]1[C@@]3(C)C[C@@H](O)[C@H](O[C@@H]4O[C@H](CO)[C@@H](O)[C@H](O)[C@H]4O)C(C)(C)[C@@H]3CC[C@]12C. The van der Waals surface area contributed by atoms with Crippen LogP contribution in [0.15, 0.2) is 11.6 Å². The zero-order chi connectivity index (χ0) is 48.8. The second-order valence-electron chi connectivity index (χ2n) is 23.1. The van der Waals surface area contributed by atoms with Gasteiger partial charge in [0.2, 0.25) is 0 Å². The molecule has 3 saturated heterocycles. The number of rotatable bonds is 12. The average molecular weight is 947 g/mol. The summed E-state index contributed by atoms with van der Waals surface area (Å²) in [5.41, 5.74) is -1.80. The Bertz CT molecular complexity index is 1700. The molecule has 0 amide bonds.